The molecule has 1 amide bonds. The first kappa shape index (κ1) is 16.6. The summed E-state index contributed by atoms with van der Waals surface area (Å²) in [5.41, 5.74) is 2.22. The topological polar surface area (TPSA) is 70.6 Å². The lowest BCUT2D eigenvalue weighted by molar-refractivity contribution is -0.122. The standard InChI is InChI=1S/C15H25N5O2/c1-19(2)15-12-9-20(7-5-13(12)17-11-18-15)10-14(21)16-6-4-8-22-3/h11H,4-10H2,1-3H3,(H,16,21). The van der Waals surface area contributed by atoms with Crippen molar-refractivity contribution in [2.75, 3.05) is 52.3 Å². The van der Waals surface area contributed by atoms with Crippen molar-refractivity contribution >= 4 is 11.7 Å². The Morgan fingerprint density at radius 3 is 3.00 bits per heavy atom. The number of methoxy groups -OCH3 is 1. The second-order valence-corrected chi connectivity index (χ2v) is 5.67. The molecule has 1 N–H and O–H groups in total. The molecule has 0 atom stereocenters. The smallest absolute Gasteiger partial charge is 0.234 e. The lowest BCUT2D eigenvalue weighted by Crippen LogP contribution is -2.41. The number of nitrogens with one attached hydrogen (secondary N) is 1. The van der Waals surface area contributed by atoms with Gasteiger partial charge >= 0.3 is 0 Å². The highest BCUT2D eigenvalue weighted by molar-refractivity contribution is 5.78. The Kier molecular flexibility index (Phi) is 6.09. The molecule has 2 heterocycles. The number of hydrogen-bond donors (Lipinski definition) is 1. The van der Waals surface area contributed by atoms with Crippen LogP contribution in [-0.2, 0) is 22.5 Å². The van der Waals surface area contributed by atoms with Crippen molar-refractivity contribution in [3.63, 3.8) is 0 Å². The molecular formula is C15H25N5O2. The molecule has 0 aromatic carbocycles. The van der Waals surface area contributed by atoms with Gasteiger partial charge in [-0.3, -0.25) is 9.69 Å². The highest BCUT2D eigenvalue weighted by atomic mass is 16.5. The van der Waals surface area contributed by atoms with Gasteiger partial charge in [0.15, 0.2) is 0 Å². The van der Waals surface area contributed by atoms with Crippen LogP contribution in [0.4, 0.5) is 5.82 Å². The third-order valence-corrected chi connectivity index (χ3v) is 3.70. The van der Waals surface area contributed by atoms with Gasteiger partial charge in [0.1, 0.15) is 12.1 Å². The number of anilines is 1. The first-order chi connectivity index (χ1) is 10.6. The molecule has 0 bridgehead atoms. The lowest BCUT2D eigenvalue weighted by atomic mass is 10.1. The van der Waals surface area contributed by atoms with Crippen LogP contribution in [0.2, 0.25) is 0 Å². The molecule has 0 saturated carbocycles. The van der Waals surface area contributed by atoms with E-state index in [2.05, 4.69) is 20.2 Å². The van der Waals surface area contributed by atoms with Crippen LogP contribution in [-0.4, -0.2) is 68.2 Å². The Morgan fingerprint density at radius 2 is 2.27 bits per heavy atom. The normalized spacial score (nSPS) is 14.5. The third kappa shape index (κ3) is 4.38. The van der Waals surface area contributed by atoms with Crippen molar-refractivity contribution in [2.45, 2.75) is 19.4 Å². The average molecular weight is 307 g/mol. The number of amides is 1. The summed E-state index contributed by atoms with van der Waals surface area (Å²) in [6, 6.07) is 0. The Bertz CT molecular complexity index is 507. The number of ether oxygens (including phenoxy) is 1. The molecule has 0 spiro atoms. The molecule has 1 aromatic rings. The zero-order valence-electron chi connectivity index (χ0n) is 13.6. The van der Waals surface area contributed by atoms with Crippen LogP contribution in [0.25, 0.3) is 0 Å². The van der Waals surface area contributed by atoms with Crippen molar-refractivity contribution < 1.29 is 9.53 Å². The van der Waals surface area contributed by atoms with E-state index in [1.807, 2.05) is 19.0 Å². The molecular weight excluding hydrogens is 282 g/mol. The number of fused-ring (bicyclic) bond motifs is 1. The molecule has 1 aromatic heterocycles. The monoisotopic (exact) mass is 307 g/mol. The van der Waals surface area contributed by atoms with E-state index in [-0.39, 0.29) is 5.91 Å². The van der Waals surface area contributed by atoms with Gasteiger partial charge in [-0.25, -0.2) is 9.97 Å². The maximum atomic E-state index is 12.0. The maximum Gasteiger partial charge on any atom is 0.234 e. The summed E-state index contributed by atoms with van der Waals surface area (Å²) in [5.74, 6) is 0.998. The van der Waals surface area contributed by atoms with Crippen LogP contribution in [0.1, 0.15) is 17.7 Å². The van der Waals surface area contributed by atoms with Crippen LogP contribution >= 0.6 is 0 Å². The summed E-state index contributed by atoms with van der Waals surface area (Å²) < 4.78 is 4.97. The van der Waals surface area contributed by atoms with Gasteiger partial charge in [-0.05, 0) is 6.42 Å². The van der Waals surface area contributed by atoms with Gasteiger partial charge < -0.3 is 15.0 Å². The van der Waals surface area contributed by atoms with Crippen LogP contribution in [0, 0.1) is 0 Å². The first-order valence-corrected chi connectivity index (χ1v) is 7.60. The van der Waals surface area contributed by atoms with E-state index < -0.39 is 0 Å². The van der Waals surface area contributed by atoms with E-state index in [1.54, 1.807) is 13.4 Å². The molecule has 2 rings (SSSR count). The van der Waals surface area contributed by atoms with E-state index in [1.165, 1.54) is 0 Å². The summed E-state index contributed by atoms with van der Waals surface area (Å²) in [6.45, 7) is 3.30. The molecule has 0 aliphatic carbocycles. The summed E-state index contributed by atoms with van der Waals surface area (Å²) in [4.78, 5) is 24.8. The summed E-state index contributed by atoms with van der Waals surface area (Å²) in [5, 5.41) is 2.92. The van der Waals surface area contributed by atoms with E-state index in [4.69, 9.17) is 4.74 Å². The van der Waals surface area contributed by atoms with Crippen molar-refractivity contribution in [1.29, 1.82) is 0 Å². The molecule has 22 heavy (non-hydrogen) atoms. The van der Waals surface area contributed by atoms with Crippen LogP contribution < -0.4 is 10.2 Å². The first-order valence-electron chi connectivity index (χ1n) is 7.60. The molecule has 7 nitrogen and oxygen atoms in total. The largest absolute Gasteiger partial charge is 0.385 e. The lowest BCUT2D eigenvalue weighted by Gasteiger charge is -2.29. The predicted octanol–water partition coefficient (Wildman–Crippen LogP) is 0.0534. The van der Waals surface area contributed by atoms with Gasteiger partial charge in [-0.15, -0.1) is 0 Å². The predicted molar refractivity (Wildman–Crippen MR) is 84.8 cm³/mol. The van der Waals surface area contributed by atoms with Crippen molar-refractivity contribution in [3.05, 3.63) is 17.6 Å². The molecule has 0 radical (unpaired) electrons. The highest BCUT2D eigenvalue weighted by Gasteiger charge is 2.23. The summed E-state index contributed by atoms with van der Waals surface area (Å²) in [6.07, 6.45) is 3.31. The fourth-order valence-corrected chi connectivity index (χ4v) is 2.61. The van der Waals surface area contributed by atoms with E-state index in [0.29, 0.717) is 19.7 Å². The zero-order chi connectivity index (χ0) is 15.9. The van der Waals surface area contributed by atoms with Gasteiger partial charge in [0, 0.05) is 59.4 Å². The third-order valence-electron chi connectivity index (χ3n) is 3.70. The van der Waals surface area contributed by atoms with E-state index in [0.717, 1.165) is 43.0 Å². The molecule has 0 saturated heterocycles. The van der Waals surface area contributed by atoms with E-state index >= 15 is 0 Å². The van der Waals surface area contributed by atoms with Crippen LogP contribution in [0.5, 0.6) is 0 Å². The molecule has 7 heteroatoms. The number of nitrogens with zero attached hydrogens (tertiary/aromatic N) is 4. The Morgan fingerprint density at radius 1 is 1.45 bits per heavy atom. The summed E-state index contributed by atoms with van der Waals surface area (Å²) in [7, 11) is 5.62. The fraction of sp³-hybridized carbons (Fsp3) is 0.667. The molecule has 0 fully saturated rings. The van der Waals surface area contributed by atoms with Crippen LogP contribution in [0.3, 0.4) is 0 Å². The molecule has 0 unspecified atom stereocenters. The van der Waals surface area contributed by atoms with Crippen molar-refractivity contribution in [1.82, 2.24) is 20.2 Å². The minimum atomic E-state index is 0.0582. The van der Waals surface area contributed by atoms with Crippen molar-refractivity contribution in [3.8, 4) is 0 Å². The summed E-state index contributed by atoms with van der Waals surface area (Å²) >= 11 is 0. The second kappa shape index (κ2) is 8.05. The van der Waals surface area contributed by atoms with Crippen LogP contribution in [0.15, 0.2) is 6.33 Å². The zero-order valence-corrected chi connectivity index (χ0v) is 13.6. The van der Waals surface area contributed by atoms with Gasteiger partial charge in [0.05, 0.1) is 12.2 Å². The number of carbonyl (C=O) groups is 1. The quantitative estimate of drug-likeness (QED) is 0.718. The number of carbonyl (C=O) groups excluding carboxylic acids is 1. The maximum absolute atomic E-state index is 12.0. The minimum Gasteiger partial charge on any atom is -0.385 e. The Hall–Kier alpha value is -1.73. The van der Waals surface area contributed by atoms with Gasteiger partial charge in [-0.1, -0.05) is 0 Å². The highest BCUT2D eigenvalue weighted by Crippen LogP contribution is 2.24. The van der Waals surface area contributed by atoms with Gasteiger partial charge in [-0.2, -0.15) is 0 Å². The number of aromatic nitrogens is 2. The van der Waals surface area contributed by atoms with Gasteiger partial charge in [0.25, 0.3) is 0 Å². The van der Waals surface area contributed by atoms with Gasteiger partial charge in [0.2, 0.25) is 5.91 Å². The fourth-order valence-electron chi connectivity index (χ4n) is 2.61. The molecule has 1 aliphatic rings. The Balaban J connectivity index is 1.90. The average Bonchev–Trinajstić information content (AvgIpc) is 2.50. The molecule has 122 valence electrons. The molecule has 1 aliphatic heterocycles. The van der Waals surface area contributed by atoms with Crippen molar-refractivity contribution in [2.24, 2.45) is 0 Å². The number of rotatable bonds is 7. The Labute approximate surface area is 131 Å². The SMILES string of the molecule is COCCCNC(=O)CN1CCc2ncnc(N(C)C)c2C1. The number of hydrogen-bond acceptors (Lipinski definition) is 6. The second-order valence-electron chi connectivity index (χ2n) is 5.67. The van der Waals surface area contributed by atoms with E-state index in [9.17, 15) is 4.79 Å². The minimum absolute atomic E-state index is 0.0582.